The predicted octanol–water partition coefficient (Wildman–Crippen LogP) is 2.80. The predicted molar refractivity (Wildman–Crippen MR) is 63.5 cm³/mol. The molecule has 1 unspecified atom stereocenters. The third-order valence-electron chi connectivity index (χ3n) is 2.30. The Balaban J connectivity index is 2.72. The number of carbonyl (C=O) groups is 1. The van der Waals surface area contributed by atoms with Crippen LogP contribution in [0.4, 0.5) is 0 Å². The summed E-state index contributed by atoms with van der Waals surface area (Å²) >= 11 is 3.36. The van der Waals surface area contributed by atoms with Gasteiger partial charge in [0, 0.05) is 11.4 Å². The largest absolute Gasteiger partial charge is 0.466 e. The van der Waals surface area contributed by atoms with Crippen LogP contribution in [0.1, 0.15) is 35.2 Å². The molecule has 0 aliphatic heterocycles. The van der Waals surface area contributed by atoms with Gasteiger partial charge in [-0.05, 0) is 26.3 Å². The lowest BCUT2D eigenvalue weighted by Gasteiger charge is -2.13. The maximum Gasteiger partial charge on any atom is 0.255 e. The molecule has 4 heteroatoms. The summed E-state index contributed by atoms with van der Waals surface area (Å²) in [7, 11) is 0. The van der Waals surface area contributed by atoms with Crippen LogP contribution < -0.4 is 5.32 Å². The van der Waals surface area contributed by atoms with Crippen molar-refractivity contribution < 1.29 is 9.21 Å². The van der Waals surface area contributed by atoms with Crippen molar-refractivity contribution in [2.45, 2.75) is 33.2 Å². The first kappa shape index (κ1) is 12.3. The van der Waals surface area contributed by atoms with Crippen LogP contribution in [0.15, 0.2) is 10.5 Å². The highest BCUT2D eigenvalue weighted by atomic mass is 79.9. The van der Waals surface area contributed by atoms with Crippen LogP contribution in [0.5, 0.6) is 0 Å². The second kappa shape index (κ2) is 5.35. The lowest BCUT2D eigenvalue weighted by molar-refractivity contribution is 0.0938. The molecular formula is C11H16BrNO2. The van der Waals surface area contributed by atoms with Gasteiger partial charge in [0.2, 0.25) is 0 Å². The molecule has 0 aliphatic rings. The van der Waals surface area contributed by atoms with Crippen LogP contribution in [0.3, 0.4) is 0 Å². The fourth-order valence-corrected chi connectivity index (χ4v) is 1.99. The maximum absolute atomic E-state index is 11.8. The normalized spacial score (nSPS) is 12.5. The van der Waals surface area contributed by atoms with Crippen LogP contribution >= 0.6 is 15.9 Å². The molecule has 0 aromatic carbocycles. The smallest absolute Gasteiger partial charge is 0.255 e. The van der Waals surface area contributed by atoms with Gasteiger partial charge in [0.25, 0.3) is 5.91 Å². The maximum atomic E-state index is 11.8. The third-order valence-corrected chi connectivity index (χ3v) is 3.08. The third kappa shape index (κ3) is 3.09. The number of nitrogens with one attached hydrogen (secondary N) is 1. The van der Waals surface area contributed by atoms with Crippen LogP contribution in [0, 0.1) is 13.8 Å². The Morgan fingerprint density at radius 2 is 2.27 bits per heavy atom. The fraction of sp³-hybridized carbons (Fsp3) is 0.545. The van der Waals surface area contributed by atoms with Gasteiger partial charge in [-0.15, -0.1) is 0 Å². The van der Waals surface area contributed by atoms with Crippen molar-refractivity contribution in [2.75, 3.05) is 5.33 Å². The molecule has 0 aliphatic carbocycles. The molecule has 0 spiro atoms. The van der Waals surface area contributed by atoms with E-state index >= 15 is 0 Å². The molecule has 0 radical (unpaired) electrons. The summed E-state index contributed by atoms with van der Waals surface area (Å²) < 4.78 is 5.31. The topological polar surface area (TPSA) is 42.2 Å². The minimum atomic E-state index is -0.0596. The monoisotopic (exact) mass is 273 g/mol. The van der Waals surface area contributed by atoms with E-state index in [1.54, 1.807) is 13.0 Å². The number of hydrogen-bond donors (Lipinski definition) is 1. The molecular weight excluding hydrogens is 258 g/mol. The van der Waals surface area contributed by atoms with Crippen LogP contribution in [-0.4, -0.2) is 17.3 Å². The summed E-state index contributed by atoms with van der Waals surface area (Å²) in [4.78, 5) is 11.8. The number of hydrogen-bond acceptors (Lipinski definition) is 2. The number of amides is 1. The Labute approximate surface area is 98.4 Å². The Hall–Kier alpha value is -0.770. The SMILES string of the molecule is CCC(CBr)NC(=O)c1cc(C)oc1C. The molecule has 1 atom stereocenters. The number of aryl methyl sites for hydroxylation is 2. The van der Waals surface area contributed by atoms with Crippen molar-refractivity contribution in [3.8, 4) is 0 Å². The van der Waals surface area contributed by atoms with E-state index in [0.717, 1.165) is 17.5 Å². The molecule has 1 aromatic heterocycles. The zero-order chi connectivity index (χ0) is 11.4. The Kier molecular flexibility index (Phi) is 4.39. The fourth-order valence-electron chi connectivity index (χ4n) is 1.37. The molecule has 15 heavy (non-hydrogen) atoms. The number of halogens is 1. The molecule has 0 saturated carbocycles. The van der Waals surface area contributed by atoms with E-state index in [0.29, 0.717) is 11.3 Å². The van der Waals surface area contributed by atoms with E-state index < -0.39 is 0 Å². The standard InChI is InChI=1S/C11H16BrNO2/c1-4-9(6-12)13-11(14)10-5-7(2)15-8(10)3/h5,9H,4,6H2,1-3H3,(H,13,14). The van der Waals surface area contributed by atoms with Gasteiger partial charge >= 0.3 is 0 Å². The van der Waals surface area contributed by atoms with Crippen LogP contribution in [-0.2, 0) is 0 Å². The molecule has 0 fully saturated rings. The molecule has 1 amide bonds. The number of rotatable bonds is 4. The quantitative estimate of drug-likeness (QED) is 0.858. The van der Waals surface area contributed by atoms with Crippen molar-refractivity contribution in [3.05, 3.63) is 23.2 Å². The van der Waals surface area contributed by atoms with Gasteiger partial charge < -0.3 is 9.73 Å². The lowest BCUT2D eigenvalue weighted by atomic mass is 10.2. The lowest BCUT2D eigenvalue weighted by Crippen LogP contribution is -2.35. The Morgan fingerprint density at radius 3 is 2.67 bits per heavy atom. The van der Waals surface area contributed by atoms with Crippen molar-refractivity contribution in [2.24, 2.45) is 0 Å². The van der Waals surface area contributed by atoms with Gasteiger partial charge in [0.1, 0.15) is 11.5 Å². The zero-order valence-corrected chi connectivity index (χ0v) is 10.8. The number of carbonyl (C=O) groups excluding carboxylic acids is 1. The van der Waals surface area contributed by atoms with E-state index in [1.807, 2.05) is 13.8 Å². The van der Waals surface area contributed by atoms with E-state index in [1.165, 1.54) is 0 Å². The molecule has 0 saturated heterocycles. The molecule has 1 rings (SSSR count). The average molecular weight is 274 g/mol. The first-order valence-electron chi connectivity index (χ1n) is 5.02. The van der Waals surface area contributed by atoms with E-state index in [-0.39, 0.29) is 11.9 Å². The second-order valence-corrected chi connectivity index (χ2v) is 4.21. The average Bonchev–Trinajstić information content (AvgIpc) is 2.54. The minimum Gasteiger partial charge on any atom is -0.466 e. The molecule has 1 aromatic rings. The van der Waals surface area contributed by atoms with Crippen molar-refractivity contribution in [1.29, 1.82) is 0 Å². The van der Waals surface area contributed by atoms with Crippen molar-refractivity contribution in [1.82, 2.24) is 5.32 Å². The summed E-state index contributed by atoms with van der Waals surface area (Å²) in [6, 6.07) is 1.94. The van der Waals surface area contributed by atoms with Crippen molar-refractivity contribution in [3.63, 3.8) is 0 Å². The van der Waals surface area contributed by atoms with Gasteiger partial charge in [-0.3, -0.25) is 4.79 Å². The van der Waals surface area contributed by atoms with Crippen LogP contribution in [0.25, 0.3) is 0 Å². The number of furan rings is 1. The van der Waals surface area contributed by atoms with Gasteiger partial charge in [0.15, 0.2) is 0 Å². The molecule has 3 nitrogen and oxygen atoms in total. The summed E-state index contributed by atoms with van der Waals surface area (Å²) in [6.45, 7) is 5.68. The highest BCUT2D eigenvalue weighted by molar-refractivity contribution is 9.09. The van der Waals surface area contributed by atoms with Gasteiger partial charge in [0.05, 0.1) is 5.56 Å². The van der Waals surface area contributed by atoms with E-state index in [2.05, 4.69) is 21.2 Å². The molecule has 0 bridgehead atoms. The van der Waals surface area contributed by atoms with E-state index in [4.69, 9.17) is 4.42 Å². The first-order chi connectivity index (χ1) is 7.08. The molecule has 1 heterocycles. The Bertz CT molecular complexity index is 342. The van der Waals surface area contributed by atoms with Gasteiger partial charge in [-0.25, -0.2) is 0 Å². The summed E-state index contributed by atoms with van der Waals surface area (Å²) in [5.41, 5.74) is 0.631. The first-order valence-corrected chi connectivity index (χ1v) is 6.14. The minimum absolute atomic E-state index is 0.0596. The van der Waals surface area contributed by atoms with Crippen molar-refractivity contribution >= 4 is 21.8 Å². The molecule has 1 N–H and O–H groups in total. The van der Waals surface area contributed by atoms with Gasteiger partial charge in [-0.1, -0.05) is 22.9 Å². The Morgan fingerprint density at radius 1 is 1.60 bits per heavy atom. The number of alkyl halides is 1. The molecule has 84 valence electrons. The van der Waals surface area contributed by atoms with Gasteiger partial charge in [-0.2, -0.15) is 0 Å². The zero-order valence-electron chi connectivity index (χ0n) is 9.26. The van der Waals surface area contributed by atoms with Crippen LogP contribution in [0.2, 0.25) is 0 Å². The second-order valence-electron chi connectivity index (χ2n) is 3.56. The summed E-state index contributed by atoms with van der Waals surface area (Å²) in [5.74, 6) is 1.38. The van der Waals surface area contributed by atoms with E-state index in [9.17, 15) is 4.79 Å². The summed E-state index contributed by atoms with van der Waals surface area (Å²) in [5, 5.41) is 3.71. The highest BCUT2D eigenvalue weighted by Crippen LogP contribution is 2.13. The highest BCUT2D eigenvalue weighted by Gasteiger charge is 2.15. The summed E-state index contributed by atoms with van der Waals surface area (Å²) in [6.07, 6.45) is 0.910.